The summed E-state index contributed by atoms with van der Waals surface area (Å²) in [5.74, 6) is 0. The van der Waals surface area contributed by atoms with E-state index in [0.717, 1.165) is 24.4 Å². The van der Waals surface area contributed by atoms with Crippen LogP contribution in [0.4, 0.5) is 0 Å². The predicted molar refractivity (Wildman–Crippen MR) is 67.0 cm³/mol. The zero-order chi connectivity index (χ0) is 12.7. The van der Waals surface area contributed by atoms with E-state index in [0.29, 0.717) is 19.6 Å². The van der Waals surface area contributed by atoms with E-state index in [1.54, 1.807) is 7.11 Å². The van der Waals surface area contributed by atoms with Crippen molar-refractivity contribution in [3.63, 3.8) is 0 Å². The molecule has 5 heteroatoms. The van der Waals surface area contributed by atoms with Gasteiger partial charge in [0.1, 0.15) is 0 Å². The van der Waals surface area contributed by atoms with Crippen LogP contribution in [0.3, 0.4) is 0 Å². The summed E-state index contributed by atoms with van der Waals surface area (Å²) >= 11 is 0. The van der Waals surface area contributed by atoms with E-state index in [2.05, 4.69) is 23.4 Å². The Morgan fingerprint density at radius 3 is 2.94 bits per heavy atom. The van der Waals surface area contributed by atoms with Crippen molar-refractivity contribution in [1.82, 2.24) is 15.1 Å². The number of aliphatic hydroxyl groups excluding tert-OH is 1. The Bertz CT molecular complexity index is 326. The Morgan fingerprint density at radius 2 is 2.35 bits per heavy atom. The van der Waals surface area contributed by atoms with E-state index < -0.39 is 0 Å². The number of hydrogen-bond donors (Lipinski definition) is 2. The van der Waals surface area contributed by atoms with E-state index in [1.165, 1.54) is 0 Å². The highest BCUT2D eigenvalue weighted by molar-refractivity contribution is 5.11. The smallest absolute Gasteiger partial charge is 0.0719 e. The van der Waals surface area contributed by atoms with Crippen LogP contribution in [-0.2, 0) is 24.6 Å². The Kier molecular flexibility index (Phi) is 6.18. The van der Waals surface area contributed by atoms with E-state index in [9.17, 15) is 5.11 Å². The van der Waals surface area contributed by atoms with Crippen LogP contribution in [0.2, 0.25) is 0 Å². The number of nitrogens with zero attached hydrogens (tertiary/aromatic N) is 2. The fourth-order valence-electron chi connectivity index (χ4n) is 1.69. The Labute approximate surface area is 103 Å². The number of rotatable bonds is 8. The number of aryl methyl sites for hydroxylation is 2. The highest BCUT2D eigenvalue weighted by Gasteiger charge is 2.09. The minimum absolute atomic E-state index is 0.382. The monoisotopic (exact) mass is 241 g/mol. The lowest BCUT2D eigenvalue weighted by Crippen LogP contribution is -2.31. The van der Waals surface area contributed by atoms with Crippen molar-refractivity contribution in [3.05, 3.63) is 17.5 Å². The van der Waals surface area contributed by atoms with Crippen LogP contribution >= 0.6 is 0 Å². The first kappa shape index (κ1) is 14.2. The molecule has 0 fully saturated rings. The van der Waals surface area contributed by atoms with Crippen molar-refractivity contribution in [2.24, 2.45) is 7.05 Å². The molecule has 0 aliphatic carbocycles. The van der Waals surface area contributed by atoms with Crippen molar-refractivity contribution in [2.45, 2.75) is 25.9 Å². The highest BCUT2D eigenvalue weighted by atomic mass is 16.5. The minimum atomic E-state index is -0.382. The molecular formula is C12H23N3O2. The van der Waals surface area contributed by atoms with Crippen LogP contribution < -0.4 is 5.32 Å². The fourth-order valence-corrected chi connectivity index (χ4v) is 1.69. The maximum atomic E-state index is 9.86. The van der Waals surface area contributed by atoms with Gasteiger partial charge in [0.2, 0.25) is 0 Å². The summed E-state index contributed by atoms with van der Waals surface area (Å²) in [4.78, 5) is 0. The fraction of sp³-hybridized carbons (Fsp3) is 0.750. The average Bonchev–Trinajstić information content (AvgIpc) is 2.66. The summed E-state index contributed by atoms with van der Waals surface area (Å²) < 4.78 is 6.77. The largest absolute Gasteiger partial charge is 0.391 e. The van der Waals surface area contributed by atoms with Crippen molar-refractivity contribution in [1.29, 1.82) is 0 Å². The summed E-state index contributed by atoms with van der Waals surface area (Å²) in [6, 6.07) is 2.05. The number of aromatic nitrogens is 2. The summed E-state index contributed by atoms with van der Waals surface area (Å²) in [5, 5.41) is 17.4. The third-order valence-electron chi connectivity index (χ3n) is 2.70. The first-order valence-electron chi connectivity index (χ1n) is 6.06. The van der Waals surface area contributed by atoms with Gasteiger partial charge in [-0.3, -0.25) is 4.68 Å². The number of methoxy groups -OCH3 is 1. The van der Waals surface area contributed by atoms with Crippen LogP contribution in [0.5, 0.6) is 0 Å². The maximum absolute atomic E-state index is 9.86. The minimum Gasteiger partial charge on any atom is -0.391 e. The van der Waals surface area contributed by atoms with Crippen LogP contribution in [0.25, 0.3) is 0 Å². The summed E-state index contributed by atoms with van der Waals surface area (Å²) in [5.41, 5.74) is 2.14. The standard InChI is InChI=1S/C12H23N3O2/c1-4-10-7-11(15(2)14-10)8-12(16)9-13-5-6-17-3/h7,12-13,16H,4-6,8-9H2,1-3H3. The Hall–Kier alpha value is -0.910. The molecule has 0 aromatic carbocycles. The van der Waals surface area contributed by atoms with Crippen LogP contribution in [0, 0.1) is 0 Å². The number of ether oxygens (including phenoxy) is 1. The maximum Gasteiger partial charge on any atom is 0.0719 e. The van der Waals surface area contributed by atoms with Gasteiger partial charge in [-0.2, -0.15) is 5.10 Å². The zero-order valence-corrected chi connectivity index (χ0v) is 10.9. The number of nitrogens with one attached hydrogen (secondary N) is 1. The molecule has 2 N–H and O–H groups in total. The van der Waals surface area contributed by atoms with E-state index in [1.807, 2.05) is 11.7 Å². The lowest BCUT2D eigenvalue weighted by Gasteiger charge is -2.11. The predicted octanol–water partition coefficient (Wildman–Crippen LogP) is 0.122. The molecule has 0 spiro atoms. The van der Waals surface area contributed by atoms with E-state index in [4.69, 9.17) is 4.74 Å². The first-order valence-corrected chi connectivity index (χ1v) is 6.06. The third kappa shape index (κ3) is 4.85. The van der Waals surface area contributed by atoms with Crippen LogP contribution in [-0.4, -0.2) is 47.8 Å². The molecule has 1 aromatic rings. The van der Waals surface area contributed by atoms with Gasteiger partial charge in [-0.05, 0) is 12.5 Å². The normalized spacial score (nSPS) is 12.9. The van der Waals surface area contributed by atoms with Crippen LogP contribution in [0.15, 0.2) is 6.07 Å². The molecule has 0 saturated carbocycles. The molecule has 0 bridgehead atoms. The lowest BCUT2D eigenvalue weighted by atomic mass is 10.2. The molecule has 0 amide bonds. The van der Waals surface area contributed by atoms with Crippen molar-refractivity contribution >= 4 is 0 Å². The second kappa shape index (κ2) is 7.42. The van der Waals surface area contributed by atoms with Gasteiger partial charge in [0, 0.05) is 39.4 Å². The molecule has 98 valence electrons. The summed E-state index contributed by atoms with van der Waals surface area (Å²) in [6.45, 7) is 4.09. The molecule has 0 aliphatic heterocycles. The van der Waals surface area contributed by atoms with Gasteiger partial charge in [-0.1, -0.05) is 6.92 Å². The third-order valence-corrected chi connectivity index (χ3v) is 2.70. The quantitative estimate of drug-likeness (QED) is 0.635. The second-order valence-corrected chi connectivity index (χ2v) is 4.16. The van der Waals surface area contributed by atoms with Crippen molar-refractivity contribution in [2.75, 3.05) is 26.8 Å². The molecule has 0 aliphatic rings. The molecule has 1 aromatic heterocycles. The van der Waals surface area contributed by atoms with Gasteiger partial charge in [-0.25, -0.2) is 0 Å². The molecule has 1 unspecified atom stereocenters. The van der Waals surface area contributed by atoms with Crippen molar-refractivity contribution in [3.8, 4) is 0 Å². The van der Waals surface area contributed by atoms with Gasteiger partial charge in [0.05, 0.1) is 18.4 Å². The molecule has 1 atom stereocenters. The molecule has 1 rings (SSSR count). The summed E-state index contributed by atoms with van der Waals surface area (Å²) in [6.07, 6.45) is 1.17. The molecule has 1 heterocycles. The number of aliphatic hydroxyl groups is 1. The molecular weight excluding hydrogens is 218 g/mol. The average molecular weight is 241 g/mol. The topological polar surface area (TPSA) is 59.3 Å². The first-order chi connectivity index (χ1) is 8.17. The molecule has 0 saturated heterocycles. The Morgan fingerprint density at radius 1 is 1.59 bits per heavy atom. The van der Waals surface area contributed by atoms with Gasteiger partial charge in [-0.15, -0.1) is 0 Å². The zero-order valence-electron chi connectivity index (χ0n) is 10.9. The Balaban J connectivity index is 2.34. The van der Waals surface area contributed by atoms with E-state index in [-0.39, 0.29) is 6.10 Å². The molecule has 5 nitrogen and oxygen atoms in total. The van der Waals surface area contributed by atoms with Crippen molar-refractivity contribution < 1.29 is 9.84 Å². The SMILES string of the molecule is CCc1cc(CC(O)CNCCOC)n(C)n1. The van der Waals surface area contributed by atoms with E-state index >= 15 is 0 Å². The van der Waals surface area contributed by atoms with Gasteiger partial charge in [0.15, 0.2) is 0 Å². The van der Waals surface area contributed by atoms with Gasteiger partial charge < -0.3 is 15.2 Å². The summed E-state index contributed by atoms with van der Waals surface area (Å²) in [7, 11) is 3.58. The molecule has 0 radical (unpaired) electrons. The number of hydrogen-bond acceptors (Lipinski definition) is 4. The molecule has 17 heavy (non-hydrogen) atoms. The lowest BCUT2D eigenvalue weighted by molar-refractivity contribution is 0.158. The van der Waals surface area contributed by atoms with Gasteiger partial charge in [0.25, 0.3) is 0 Å². The van der Waals surface area contributed by atoms with Gasteiger partial charge >= 0.3 is 0 Å². The highest BCUT2D eigenvalue weighted by Crippen LogP contribution is 2.06. The van der Waals surface area contributed by atoms with Crippen LogP contribution in [0.1, 0.15) is 18.3 Å². The second-order valence-electron chi connectivity index (χ2n) is 4.16.